The van der Waals surface area contributed by atoms with Gasteiger partial charge < -0.3 is 14.6 Å². The maximum absolute atomic E-state index is 10.6. The standard InChI is InChI=1S/C24H44O4/c1-3-5-7-9-11-13-17-21-27-24(20-16-15-19-23(25)26)28-22-18-14-12-10-8-6-4-2/h13-14,17-18,24H,3-12,15-16,19-22H2,1-2H3,(H,25,26)/b17-13+,18-14+. The molecular formula is C24H44O4. The lowest BCUT2D eigenvalue weighted by molar-refractivity contribution is -0.138. The molecule has 0 saturated heterocycles. The summed E-state index contributed by atoms with van der Waals surface area (Å²) in [5.74, 6) is -0.740. The minimum absolute atomic E-state index is 0.210. The molecule has 0 aliphatic heterocycles. The highest BCUT2D eigenvalue weighted by Crippen LogP contribution is 2.10. The number of rotatable bonds is 21. The summed E-state index contributed by atoms with van der Waals surface area (Å²) in [5.41, 5.74) is 0. The van der Waals surface area contributed by atoms with Crippen molar-refractivity contribution in [3.63, 3.8) is 0 Å². The number of carboxylic acids is 1. The fraction of sp³-hybridized carbons (Fsp3) is 0.792. The van der Waals surface area contributed by atoms with E-state index in [1.54, 1.807) is 0 Å². The van der Waals surface area contributed by atoms with E-state index in [9.17, 15) is 4.79 Å². The fourth-order valence-electron chi connectivity index (χ4n) is 2.88. The predicted molar refractivity (Wildman–Crippen MR) is 118 cm³/mol. The van der Waals surface area contributed by atoms with Crippen molar-refractivity contribution in [1.29, 1.82) is 0 Å². The van der Waals surface area contributed by atoms with Gasteiger partial charge in [0, 0.05) is 6.42 Å². The van der Waals surface area contributed by atoms with Gasteiger partial charge in [-0.3, -0.25) is 4.79 Å². The Hall–Kier alpha value is -1.13. The number of ether oxygens (including phenoxy) is 2. The zero-order chi connectivity index (χ0) is 20.7. The molecule has 0 amide bonds. The van der Waals surface area contributed by atoms with E-state index in [-0.39, 0.29) is 12.7 Å². The third kappa shape index (κ3) is 21.2. The molecule has 0 bridgehead atoms. The van der Waals surface area contributed by atoms with Crippen LogP contribution < -0.4 is 0 Å². The Morgan fingerprint density at radius 2 is 1.29 bits per heavy atom. The highest BCUT2D eigenvalue weighted by atomic mass is 16.7. The van der Waals surface area contributed by atoms with Crippen molar-refractivity contribution in [2.45, 2.75) is 110 Å². The van der Waals surface area contributed by atoms with Gasteiger partial charge >= 0.3 is 5.97 Å². The highest BCUT2D eigenvalue weighted by molar-refractivity contribution is 5.66. The average Bonchev–Trinajstić information content (AvgIpc) is 2.68. The summed E-state index contributed by atoms with van der Waals surface area (Å²) < 4.78 is 11.7. The Balaban J connectivity index is 4.00. The average molecular weight is 397 g/mol. The second-order valence-corrected chi connectivity index (χ2v) is 7.38. The lowest BCUT2D eigenvalue weighted by atomic mass is 10.1. The zero-order valence-corrected chi connectivity index (χ0v) is 18.4. The highest BCUT2D eigenvalue weighted by Gasteiger charge is 2.08. The molecule has 4 heteroatoms. The van der Waals surface area contributed by atoms with Crippen LogP contribution in [-0.4, -0.2) is 30.6 Å². The molecule has 0 spiro atoms. The van der Waals surface area contributed by atoms with Gasteiger partial charge in [-0.15, -0.1) is 0 Å². The summed E-state index contributed by atoms with van der Waals surface area (Å²) in [6.07, 6.45) is 23.1. The summed E-state index contributed by atoms with van der Waals surface area (Å²) in [6, 6.07) is 0. The number of carbonyl (C=O) groups is 1. The molecule has 1 N–H and O–H groups in total. The lowest BCUT2D eigenvalue weighted by Gasteiger charge is -2.17. The van der Waals surface area contributed by atoms with Gasteiger partial charge in [-0.05, 0) is 44.9 Å². The number of unbranched alkanes of at least 4 members (excludes halogenated alkanes) is 9. The molecule has 0 rings (SSSR count). The maximum Gasteiger partial charge on any atom is 0.303 e. The molecule has 0 aromatic heterocycles. The van der Waals surface area contributed by atoms with Crippen molar-refractivity contribution in [1.82, 2.24) is 0 Å². The molecule has 0 atom stereocenters. The summed E-state index contributed by atoms with van der Waals surface area (Å²) in [6.45, 7) is 5.56. The van der Waals surface area contributed by atoms with Crippen molar-refractivity contribution >= 4 is 5.97 Å². The molecule has 0 fully saturated rings. The Morgan fingerprint density at radius 3 is 1.75 bits per heavy atom. The smallest absolute Gasteiger partial charge is 0.303 e. The van der Waals surface area contributed by atoms with Crippen molar-refractivity contribution < 1.29 is 19.4 Å². The van der Waals surface area contributed by atoms with Crippen LogP contribution in [0.15, 0.2) is 24.3 Å². The van der Waals surface area contributed by atoms with Crippen LogP contribution in [0.25, 0.3) is 0 Å². The van der Waals surface area contributed by atoms with Crippen molar-refractivity contribution in [3.8, 4) is 0 Å². The first-order valence-corrected chi connectivity index (χ1v) is 11.5. The minimum atomic E-state index is -0.740. The topological polar surface area (TPSA) is 55.8 Å². The Labute approximate surface area is 173 Å². The van der Waals surface area contributed by atoms with E-state index in [1.807, 2.05) is 0 Å². The van der Waals surface area contributed by atoms with E-state index >= 15 is 0 Å². The van der Waals surface area contributed by atoms with Gasteiger partial charge in [0.2, 0.25) is 0 Å². The number of hydrogen-bond acceptors (Lipinski definition) is 3. The SMILES string of the molecule is CCCCCC/C=C/COC(CCCCC(=O)O)OC/C=C/CCCCCC. The monoisotopic (exact) mass is 396 g/mol. The van der Waals surface area contributed by atoms with Crippen LogP contribution >= 0.6 is 0 Å². The van der Waals surface area contributed by atoms with E-state index in [1.165, 1.54) is 51.4 Å². The summed E-state index contributed by atoms with van der Waals surface area (Å²) >= 11 is 0. The van der Waals surface area contributed by atoms with E-state index in [2.05, 4.69) is 38.2 Å². The quantitative estimate of drug-likeness (QED) is 0.128. The molecule has 0 unspecified atom stereocenters. The summed E-state index contributed by atoms with van der Waals surface area (Å²) in [7, 11) is 0. The second-order valence-electron chi connectivity index (χ2n) is 7.38. The van der Waals surface area contributed by atoms with Gasteiger partial charge in [0.15, 0.2) is 6.29 Å². The largest absolute Gasteiger partial charge is 0.481 e. The number of hydrogen-bond donors (Lipinski definition) is 1. The van der Waals surface area contributed by atoms with Crippen LogP contribution in [0.3, 0.4) is 0 Å². The first-order chi connectivity index (χ1) is 13.7. The van der Waals surface area contributed by atoms with Crippen LogP contribution in [0.2, 0.25) is 0 Å². The molecule has 0 aromatic carbocycles. The van der Waals surface area contributed by atoms with Crippen LogP contribution in [0.5, 0.6) is 0 Å². The number of aliphatic carboxylic acids is 1. The number of carboxylic acid groups (broad SMARTS) is 1. The molecule has 164 valence electrons. The van der Waals surface area contributed by atoms with Gasteiger partial charge in [0.25, 0.3) is 0 Å². The van der Waals surface area contributed by atoms with Crippen LogP contribution in [0.4, 0.5) is 0 Å². The zero-order valence-electron chi connectivity index (χ0n) is 18.4. The first kappa shape index (κ1) is 26.9. The third-order valence-electron chi connectivity index (χ3n) is 4.62. The van der Waals surface area contributed by atoms with Gasteiger partial charge in [-0.25, -0.2) is 0 Å². The van der Waals surface area contributed by atoms with Crippen molar-refractivity contribution in [2.75, 3.05) is 13.2 Å². The predicted octanol–water partition coefficient (Wildman–Crippen LogP) is 7.04. The Kier molecular flexibility index (Phi) is 21.3. The van der Waals surface area contributed by atoms with Gasteiger partial charge in [0.05, 0.1) is 13.2 Å². The molecule has 0 radical (unpaired) electrons. The van der Waals surface area contributed by atoms with E-state index in [4.69, 9.17) is 14.6 Å². The second kappa shape index (κ2) is 22.2. The van der Waals surface area contributed by atoms with E-state index in [0.717, 1.165) is 25.7 Å². The van der Waals surface area contributed by atoms with E-state index in [0.29, 0.717) is 19.6 Å². The van der Waals surface area contributed by atoms with Gasteiger partial charge in [-0.2, -0.15) is 0 Å². The molecule has 0 heterocycles. The molecule has 0 aromatic rings. The van der Waals surface area contributed by atoms with Gasteiger partial charge in [-0.1, -0.05) is 76.7 Å². The summed E-state index contributed by atoms with van der Waals surface area (Å²) in [5, 5.41) is 8.75. The van der Waals surface area contributed by atoms with Crippen LogP contribution in [-0.2, 0) is 14.3 Å². The fourth-order valence-corrected chi connectivity index (χ4v) is 2.88. The van der Waals surface area contributed by atoms with Crippen LogP contribution in [0.1, 0.15) is 104 Å². The molecule has 0 saturated carbocycles. The molecule has 0 aliphatic carbocycles. The Morgan fingerprint density at radius 1 is 0.750 bits per heavy atom. The van der Waals surface area contributed by atoms with Gasteiger partial charge in [0.1, 0.15) is 0 Å². The van der Waals surface area contributed by atoms with Crippen LogP contribution in [0, 0.1) is 0 Å². The molecule has 4 nitrogen and oxygen atoms in total. The number of allylic oxidation sites excluding steroid dienone is 2. The van der Waals surface area contributed by atoms with E-state index < -0.39 is 5.97 Å². The normalized spacial score (nSPS) is 12.0. The lowest BCUT2D eigenvalue weighted by Crippen LogP contribution is -2.18. The first-order valence-electron chi connectivity index (χ1n) is 11.5. The molecule has 28 heavy (non-hydrogen) atoms. The maximum atomic E-state index is 10.6. The minimum Gasteiger partial charge on any atom is -0.481 e. The Bertz CT molecular complexity index is 364. The van der Waals surface area contributed by atoms with Crippen molar-refractivity contribution in [2.24, 2.45) is 0 Å². The summed E-state index contributed by atoms with van der Waals surface area (Å²) in [4.78, 5) is 10.6. The third-order valence-corrected chi connectivity index (χ3v) is 4.62. The molecule has 0 aliphatic rings. The van der Waals surface area contributed by atoms with Crippen molar-refractivity contribution in [3.05, 3.63) is 24.3 Å². The molecular weight excluding hydrogens is 352 g/mol.